The summed E-state index contributed by atoms with van der Waals surface area (Å²) in [6.45, 7) is 2.04. The molecule has 0 nitrogen and oxygen atoms in total. The van der Waals surface area contributed by atoms with Gasteiger partial charge in [0.15, 0.2) is 0 Å². The molecular formula is C6H6ClIS. The molecular weight excluding hydrogens is 266 g/mol. The molecule has 0 aliphatic carbocycles. The maximum Gasteiger partial charge on any atom is 0.0960 e. The third-order valence-corrected chi connectivity index (χ3v) is 3.93. The van der Waals surface area contributed by atoms with E-state index in [1.165, 1.54) is 10.4 Å². The SMILES string of the molecule is Cc1cc(CI)sc1Cl. The lowest BCUT2D eigenvalue weighted by molar-refractivity contribution is 1.50. The Labute approximate surface area is 77.4 Å². The predicted octanol–water partition coefficient (Wildman–Crippen LogP) is 3.64. The van der Waals surface area contributed by atoms with Gasteiger partial charge in [-0.3, -0.25) is 0 Å². The van der Waals surface area contributed by atoms with E-state index < -0.39 is 0 Å². The van der Waals surface area contributed by atoms with Crippen molar-refractivity contribution in [3.05, 3.63) is 20.8 Å². The number of alkyl halides is 1. The molecule has 0 bridgehead atoms. The van der Waals surface area contributed by atoms with Gasteiger partial charge in [0.2, 0.25) is 0 Å². The van der Waals surface area contributed by atoms with Crippen LogP contribution in [0.2, 0.25) is 4.34 Å². The molecule has 0 saturated carbocycles. The molecule has 0 unspecified atom stereocenters. The summed E-state index contributed by atoms with van der Waals surface area (Å²) in [4.78, 5) is 1.36. The van der Waals surface area contributed by atoms with Crippen LogP contribution in [0, 0.1) is 6.92 Å². The van der Waals surface area contributed by atoms with Crippen molar-refractivity contribution in [1.29, 1.82) is 0 Å². The third kappa shape index (κ3) is 1.82. The Morgan fingerprint density at radius 1 is 1.78 bits per heavy atom. The summed E-state index contributed by atoms with van der Waals surface area (Å²) >= 11 is 9.83. The van der Waals surface area contributed by atoms with E-state index in [9.17, 15) is 0 Å². The van der Waals surface area contributed by atoms with Crippen molar-refractivity contribution in [1.82, 2.24) is 0 Å². The lowest BCUT2D eigenvalue weighted by atomic mass is 10.4. The molecule has 1 heterocycles. The fourth-order valence-electron chi connectivity index (χ4n) is 0.589. The number of hydrogen-bond acceptors (Lipinski definition) is 1. The summed E-state index contributed by atoms with van der Waals surface area (Å²) in [7, 11) is 0. The van der Waals surface area contributed by atoms with E-state index in [0.717, 1.165) is 8.76 Å². The van der Waals surface area contributed by atoms with Gasteiger partial charge >= 0.3 is 0 Å². The average molecular weight is 273 g/mol. The van der Waals surface area contributed by atoms with Crippen LogP contribution in [0.25, 0.3) is 0 Å². The molecule has 0 spiro atoms. The molecule has 0 aliphatic rings. The zero-order chi connectivity index (χ0) is 6.85. The number of thiophene rings is 1. The Balaban J connectivity index is 2.98. The molecule has 9 heavy (non-hydrogen) atoms. The first-order valence-electron chi connectivity index (χ1n) is 2.55. The molecule has 1 aromatic rings. The Hall–Kier alpha value is 0.720. The van der Waals surface area contributed by atoms with Gasteiger partial charge in [-0.15, -0.1) is 11.3 Å². The van der Waals surface area contributed by atoms with Gasteiger partial charge in [-0.1, -0.05) is 34.2 Å². The first-order valence-corrected chi connectivity index (χ1v) is 5.27. The van der Waals surface area contributed by atoms with Gasteiger partial charge in [-0.25, -0.2) is 0 Å². The van der Waals surface area contributed by atoms with Crippen LogP contribution in [0.1, 0.15) is 10.4 Å². The van der Waals surface area contributed by atoms with Crippen LogP contribution in [0.4, 0.5) is 0 Å². The van der Waals surface area contributed by atoms with Crippen molar-refractivity contribution in [3.8, 4) is 0 Å². The van der Waals surface area contributed by atoms with Gasteiger partial charge in [-0.2, -0.15) is 0 Å². The minimum atomic E-state index is 0.932. The van der Waals surface area contributed by atoms with Crippen LogP contribution in [-0.4, -0.2) is 0 Å². The van der Waals surface area contributed by atoms with Crippen LogP contribution < -0.4 is 0 Å². The van der Waals surface area contributed by atoms with Crippen molar-refractivity contribution >= 4 is 45.5 Å². The van der Waals surface area contributed by atoms with Crippen molar-refractivity contribution in [3.63, 3.8) is 0 Å². The molecule has 0 amide bonds. The molecule has 0 radical (unpaired) electrons. The van der Waals surface area contributed by atoms with Crippen LogP contribution in [0.15, 0.2) is 6.07 Å². The molecule has 0 aliphatic heterocycles. The largest absolute Gasteiger partial charge is 0.127 e. The highest BCUT2D eigenvalue weighted by molar-refractivity contribution is 14.1. The molecule has 0 N–H and O–H groups in total. The summed E-state index contributed by atoms with van der Waals surface area (Å²) in [5.74, 6) is 0. The molecule has 1 aromatic heterocycles. The van der Waals surface area contributed by atoms with E-state index in [-0.39, 0.29) is 0 Å². The predicted molar refractivity (Wildman–Crippen MR) is 51.8 cm³/mol. The van der Waals surface area contributed by atoms with Crippen LogP contribution in [0.3, 0.4) is 0 Å². The summed E-state index contributed by atoms with van der Waals surface area (Å²) in [6, 6.07) is 2.14. The fraction of sp³-hybridized carbons (Fsp3) is 0.333. The topological polar surface area (TPSA) is 0 Å². The number of rotatable bonds is 1. The van der Waals surface area contributed by atoms with E-state index in [0.29, 0.717) is 0 Å². The molecule has 50 valence electrons. The van der Waals surface area contributed by atoms with E-state index in [4.69, 9.17) is 11.6 Å². The molecule has 1 rings (SSSR count). The van der Waals surface area contributed by atoms with Gasteiger partial charge in [-0.05, 0) is 18.6 Å². The number of halogens is 2. The highest BCUT2D eigenvalue weighted by Crippen LogP contribution is 2.27. The standard InChI is InChI=1S/C6H6ClIS/c1-4-2-5(3-8)9-6(4)7/h2H,3H2,1H3. The molecule has 0 atom stereocenters. The number of aryl methyl sites for hydroxylation is 1. The van der Waals surface area contributed by atoms with Crippen molar-refractivity contribution in [2.75, 3.05) is 0 Å². The lowest BCUT2D eigenvalue weighted by Crippen LogP contribution is -1.61. The van der Waals surface area contributed by atoms with E-state index in [1.807, 2.05) is 6.92 Å². The van der Waals surface area contributed by atoms with Crippen molar-refractivity contribution in [2.45, 2.75) is 11.4 Å². The van der Waals surface area contributed by atoms with Crippen LogP contribution >= 0.6 is 45.5 Å². The summed E-state index contributed by atoms with van der Waals surface area (Å²) in [5.41, 5.74) is 1.20. The van der Waals surface area contributed by atoms with Gasteiger partial charge in [0.25, 0.3) is 0 Å². The van der Waals surface area contributed by atoms with Gasteiger partial charge in [0, 0.05) is 9.30 Å². The maximum atomic E-state index is 5.82. The van der Waals surface area contributed by atoms with Crippen molar-refractivity contribution < 1.29 is 0 Å². The number of hydrogen-bond donors (Lipinski definition) is 0. The van der Waals surface area contributed by atoms with E-state index in [1.54, 1.807) is 11.3 Å². The Morgan fingerprint density at radius 2 is 2.44 bits per heavy atom. The van der Waals surface area contributed by atoms with Crippen LogP contribution in [0.5, 0.6) is 0 Å². The molecule has 0 fully saturated rings. The summed E-state index contributed by atoms with van der Waals surface area (Å²) in [5, 5.41) is 0. The van der Waals surface area contributed by atoms with E-state index in [2.05, 4.69) is 28.7 Å². The average Bonchev–Trinajstić information content (AvgIpc) is 2.13. The second-order valence-electron chi connectivity index (χ2n) is 1.80. The van der Waals surface area contributed by atoms with E-state index >= 15 is 0 Å². The minimum Gasteiger partial charge on any atom is -0.127 e. The first-order chi connectivity index (χ1) is 4.24. The van der Waals surface area contributed by atoms with Crippen molar-refractivity contribution in [2.24, 2.45) is 0 Å². The third-order valence-electron chi connectivity index (χ3n) is 1.04. The normalized spacial score (nSPS) is 10.1. The molecule has 3 heteroatoms. The second kappa shape index (κ2) is 3.21. The summed E-state index contributed by atoms with van der Waals surface area (Å²) in [6.07, 6.45) is 0. The zero-order valence-corrected chi connectivity index (χ0v) is 8.68. The Bertz CT molecular complexity index is 187. The highest BCUT2D eigenvalue weighted by atomic mass is 127. The maximum absolute atomic E-state index is 5.82. The van der Waals surface area contributed by atoms with Crippen LogP contribution in [-0.2, 0) is 4.43 Å². The zero-order valence-electron chi connectivity index (χ0n) is 4.95. The van der Waals surface area contributed by atoms with Gasteiger partial charge < -0.3 is 0 Å². The lowest BCUT2D eigenvalue weighted by Gasteiger charge is -1.78. The monoisotopic (exact) mass is 272 g/mol. The second-order valence-corrected chi connectivity index (χ2v) is 4.30. The molecule has 0 saturated heterocycles. The van der Waals surface area contributed by atoms with Gasteiger partial charge in [0.1, 0.15) is 0 Å². The minimum absolute atomic E-state index is 0.932. The highest BCUT2D eigenvalue weighted by Gasteiger charge is 1.99. The fourth-order valence-corrected chi connectivity index (χ4v) is 2.37. The summed E-state index contributed by atoms with van der Waals surface area (Å²) < 4.78 is 2.00. The first kappa shape index (κ1) is 7.82. The Morgan fingerprint density at radius 3 is 2.67 bits per heavy atom. The quantitative estimate of drug-likeness (QED) is 0.541. The van der Waals surface area contributed by atoms with Gasteiger partial charge in [0.05, 0.1) is 4.34 Å². The smallest absolute Gasteiger partial charge is 0.0960 e. The Kier molecular flexibility index (Phi) is 2.79. The molecule has 0 aromatic carbocycles.